The lowest BCUT2D eigenvalue weighted by atomic mass is 10.3. The average molecular weight is 341 g/mol. The number of sulfonamides is 1. The van der Waals surface area contributed by atoms with Crippen LogP contribution in [0.15, 0.2) is 27.6 Å². The first-order valence-electron chi connectivity index (χ1n) is 4.99. The molecule has 4 nitrogen and oxygen atoms in total. The summed E-state index contributed by atoms with van der Waals surface area (Å²) in [5, 5.41) is 9.29. The summed E-state index contributed by atoms with van der Waals surface area (Å²) in [5.41, 5.74) is -0.697. The van der Waals surface area contributed by atoms with Crippen molar-refractivity contribution in [1.82, 2.24) is 4.72 Å². The Kier molecular flexibility index (Phi) is 3.53. The number of nitrogens with one attached hydrogen (secondary N) is 1. The molecule has 1 aromatic carbocycles. The highest BCUT2D eigenvalue weighted by Crippen LogP contribution is 2.38. The fourth-order valence-electron chi connectivity index (χ4n) is 1.52. The van der Waals surface area contributed by atoms with Gasteiger partial charge in [-0.3, -0.25) is 0 Å². The summed E-state index contributed by atoms with van der Waals surface area (Å²) in [5.74, 6) is 0. The molecule has 1 aliphatic rings. The van der Waals surface area contributed by atoms with Gasteiger partial charge in [0.2, 0.25) is 10.0 Å². The molecule has 0 amide bonds. The number of hydrogen-bond donors (Lipinski definition) is 2. The molecular weight excluding hydrogens is 330 g/mol. The molecular formula is C10H11BrClNO3S. The topological polar surface area (TPSA) is 66.4 Å². The lowest BCUT2D eigenvalue weighted by Gasteiger charge is -2.16. The van der Waals surface area contributed by atoms with Crippen molar-refractivity contribution < 1.29 is 13.5 Å². The van der Waals surface area contributed by atoms with E-state index in [-0.39, 0.29) is 16.5 Å². The molecule has 1 aromatic rings. The Balaban J connectivity index is 2.39. The van der Waals surface area contributed by atoms with Crippen LogP contribution in [0.25, 0.3) is 0 Å². The van der Waals surface area contributed by atoms with Gasteiger partial charge in [-0.15, -0.1) is 0 Å². The second-order valence-electron chi connectivity index (χ2n) is 4.09. The fourth-order valence-corrected chi connectivity index (χ4v) is 4.71. The second kappa shape index (κ2) is 4.51. The Morgan fingerprint density at radius 3 is 2.59 bits per heavy atom. The van der Waals surface area contributed by atoms with Crippen LogP contribution < -0.4 is 4.72 Å². The van der Waals surface area contributed by atoms with Gasteiger partial charge in [0.1, 0.15) is 4.90 Å². The van der Waals surface area contributed by atoms with Crippen molar-refractivity contribution in [3.8, 4) is 0 Å². The van der Waals surface area contributed by atoms with Crippen LogP contribution in [0.3, 0.4) is 0 Å². The standard InChI is InChI=1S/C10H11BrClNO3S/c11-7-2-1-3-8(12)9(7)17(15,16)13-10(6-14)4-5-10/h1-3,13-14H,4-6H2. The van der Waals surface area contributed by atoms with Crippen molar-refractivity contribution in [3.63, 3.8) is 0 Å². The van der Waals surface area contributed by atoms with E-state index >= 15 is 0 Å². The molecule has 1 fully saturated rings. The van der Waals surface area contributed by atoms with Gasteiger partial charge in [-0.2, -0.15) is 0 Å². The fraction of sp³-hybridized carbons (Fsp3) is 0.400. The Labute approximate surface area is 113 Å². The number of aliphatic hydroxyl groups is 1. The summed E-state index contributed by atoms with van der Waals surface area (Å²) in [6.07, 6.45) is 1.29. The molecule has 2 rings (SSSR count). The summed E-state index contributed by atoms with van der Waals surface area (Å²) in [6, 6.07) is 4.78. The SMILES string of the molecule is O=S(=O)(NC1(CO)CC1)c1c(Cl)cccc1Br. The van der Waals surface area contributed by atoms with E-state index in [4.69, 9.17) is 16.7 Å². The van der Waals surface area contributed by atoms with Gasteiger partial charge in [0.05, 0.1) is 17.2 Å². The van der Waals surface area contributed by atoms with Crippen LogP contribution in [0.2, 0.25) is 5.02 Å². The molecule has 0 aromatic heterocycles. The zero-order valence-electron chi connectivity index (χ0n) is 8.78. The number of halogens is 2. The predicted molar refractivity (Wildman–Crippen MR) is 68.5 cm³/mol. The molecule has 17 heavy (non-hydrogen) atoms. The number of aliphatic hydroxyl groups excluding tert-OH is 1. The number of hydrogen-bond acceptors (Lipinski definition) is 3. The minimum atomic E-state index is -3.72. The summed E-state index contributed by atoms with van der Waals surface area (Å²) in [6.45, 7) is -0.200. The third-order valence-electron chi connectivity index (χ3n) is 2.69. The van der Waals surface area contributed by atoms with Crippen LogP contribution in [0, 0.1) is 0 Å². The third-order valence-corrected chi connectivity index (χ3v) is 5.72. The van der Waals surface area contributed by atoms with Gasteiger partial charge in [-0.05, 0) is 40.9 Å². The molecule has 1 saturated carbocycles. The van der Waals surface area contributed by atoms with Gasteiger partial charge >= 0.3 is 0 Å². The Bertz CT molecular complexity index is 522. The average Bonchev–Trinajstić information content (AvgIpc) is 2.97. The van der Waals surface area contributed by atoms with Crippen LogP contribution in [0.1, 0.15) is 12.8 Å². The van der Waals surface area contributed by atoms with Crippen LogP contribution in [0.4, 0.5) is 0 Å². The molecule has 0 bridgehead atoms. The number of rotatable bonds is 4. The lowest BCUT2D eigenvalue weighted by Crippen LogP contribution is -2.39. The summed E-state index contributed by atoms with van der Waals surface area (Å²) in [7, 11) is -3.72. The molecule has 0 saturated heterocycles. The molecule has 0 heterocycles. The van der Waals surface area contributed by atoms with Gasteiger partial charge in [0, 0.05) is 4.47 Å². The van der Waals surface area contributed by atoms with E-state index < -0.39 is 15.6 Å². The van der Waals surface area contributed by atoms with E-state index in [9.17, 15) is 8.42 Å². The zero-order chi connectivity index (χ0) is 12.7. The first kappa shape index (κ1) is 13.3. The van der Waals surface area contributed by atoms with Crippen LogP contribution in [0.5, 0.6) is 0 Å². The summed E-state index contributed by atoms with van der Waals surface area (Å²) in [4.78, 5) is 0.0152. The first-order chi connectivity index (χ1) is 7.90. The highest BCUT2D eigenvalue weighted by molar-refractivity contribution is 9.10. The van der Waals surface area contributed by atoms with Crippen molar-refractivity contribution in [2.75, 3.05) is 6.61 Å². The minimum Gasteiger partial charge on any atom is -0.394 e. The van der Waals surface area contributed by atoms with Gasteiger partial charge in [0.15, 0.2) is 0 Å². The van der Waals surface area contributed by atoms with E-state index in [2.05, 4.69) is 20.7 Å². The third kappa shape index (κ3) is 2.66. The van der Waals surface area contributed by atoms with Crippen molar-refractivity contribution in [1.29, 1.82) is 0 Å². The summed E-state index contributed by atoms with van der Waals surface area (Å²) >= 11 is 9.06. The normalized spacial score (nSPS) is 18.1. The maximum atomic E-state index is 12.2. The van der Waals surface area contributed by atoms with Crippen LogP contribution >= 0.6 is 27.5 Å². The molecule has 94 valence electrons. The molecule has 0 atom stereocenters. The highest BCUT2D eigenvalue weighted by Gasteiger charge is 2.46. The van der Waals surface area contributed by atoms with Crippen molar-refractivity contribution >= 4 is 37.6 Å². The Hall–Kier alpha value is -0.140. The molecule has 7 heteroatoms. The van der Waals surface area contributed by atoms with Gasteiger partial charge < -0.3 is 5.11 Å². The van der Waals surface area contributed by atoms with Crippen LogP contribution in [-0.2, 0) is 10.0 Å². The number of benzene rings is 1. The Morgan fingerprint density at radius 2 is 2.12 bits per heavy atom. The van der Waals surface area contributed by atoms with Crippen LogP contribution in [-0.4, -0.2) is 25.7 Å². The second-order valence-corrected chi connectivity index (χ2v) is 6.98. The maximum Gasteiger partial charge on any atom is 0.243 e. The molecule has 0 spiro atoms. The van der Waals surface area contributed by atoms with E-state index in [0.29, 0.717) is 17.3 Å². The molecule has 0 unspecified atom stereocenters. The molecule has 0 radical (unpaired) electrons. The van der Waals surface area contributed by atoms with Crippen molar-refractivity contribution in [2.24, 2.45) is 0 Å². The van der Waals surface area contributed by atoms with Gasteiger partial charge in [0.25, 0.3) is 0 Å². The smallest absolute Gasteiger partial charge is 0.243 e. The van der Waals surface area contributed by atoms with E-state index in [1.54, 1.807) is 12.1 Å². The predicted octanol–water partition coefficient (Wildman–Crippen LogP) is 1.91. The quantitative estimate of drug-likeness (QED) is 0.880. The molecule has 2 N–H and O–H groups in total. The first-order valence-corrected chi connectivity index (χ1v) is 7.64. The summed E-state index contributed by atoms with van der Waals surface area (Å²) < 4.78 is 27.2. The van der Waals surface area contributed by atoms with E-state index in [0.717, 1.165) is 0 Å². The maximum absolute atomic E-state index is 12.2. The molecule has 1 aliphatic carbocycles. The van der Waals surface area contributed by atoms with E-state index in [1.807, 2.05) is 0 Å². The van der Waals surface area contributed by atoms with Gasteiger partial charge in [-0.1, -0.05) is 17.7 Å². The van der Waals surface area contributed by atoms with Gasteiger partial charge in [-0.25, -0.2) is 13.1 Å². The largest absolute Gasteiger partial charge is 0.394 e. The Morgan fingerprint density at radius 1 is 1.47 bits per heavy atom. The monoisotopic (exact) mass is 339 g/mol. The van der Waals surface area contributed by atoms with Crippen molar-refractivity contribution in [2.45, 2.75) is 23.3 Å². The highest BCUT2D eigenvalue weighted by atomic mass is 79.9. The zero-order valence-corrected chi connectivity index (χ0v) is 11.9. The van der Waals surface area contributed by atoms with E-state index in [1.165, 1.54) is 6.07 Å². The van der Waals surface area contributed by atoms with Crippen molar-refractivity contribution in [3.05, 3.63) is 27.7 Å². The molecule has 0 aliphatic heterocycles. The minimum absolute atomic E-state index is 0.0152. The lowest BCUT2D eigenvalue weighted by molar-refractivity contribution is 0.246.